The van der Waals surface area contributed by atoms with Crippen molar-refractivity contribution in [1.82, 2.24) is 0 Å². The van der Waals surface area contributed by atoms with Crippen LogP contribution in [0.1, 0.15) is 243 Å². The smallest absolute Gasteiger partial charge is 0.292 e. The number of carbonyl (C=O) groups excluding carboxylic acids is 5. The Morgan fingerprint density at radius 3 is 0.855 bits per heavy atom. The summed E-state index contributed by atoms with van der Waals surface area (Å²) in [5, 5.41) is 0. The van der Waals surface area contributed by atoms with Gasteiger partial charge in [-0.15, -0.1) is 0 Å². The first-order chi connectivity index (χ1) is 29.1. The lowest BCUT2D eigenvalue weighted by Crippen LogP contribution is -2.28. The second-order valence-corrected chi connectivity index (χ2v) is 18.5. The van der Waals surface area contributed by atoms with Gasteiger partial charge >= 0.3 is 23.9 Å². The molecule has 0 unspecified atom stereocenters. The number of rotatable bonds is 30. The summed E-state index contributed by atoms with van der Waals surface area (Å²) in [4.78, 5) is 112. The molecule has 0 saturated carbocycles. The Hall–Kier alpha value is -4.17. The second-order valence-electron chi connectivity index (χ2n) is 18.5. The van der Waals surface area contributed by atoms with Crippen LogP contribution in [0.4, 0.5) is 0 Å². The van der Waals surface area contributed by atoms with E-state index in [1.165, 1.54) is 36.4 Å². The lowest BCUT2D eigenvalue weighted by atomic mass is 9.95. The van der Waals surface area contributed by atoms with Gasteiger partial charge in [-0.25, -0.2) is 19.2 Å². The molecule has 0 N–H and O–H groups in total. The minimum Gasteiger partial charge on any atom is -0.292 e. The highest BCUT2D eigenvalue weighted by Crippen LogP contribution is 2.27. The Morgan fingerprint density at radius 1 is 0.371 bits per heavy atom. The molecule has 0 aliphatic heterocycles. The zero-order valence-corrected chi connectivity index (χ0v) is 39.6. The van der Waals surface area contributed by atoms with Gasteiger partial charge in [0, 0.05) is 11.1 Å². The zero-order chi connectivity index (χ0) is 46.6. The summed E-state index contributed by atoms with van der Waals surface area (Å²) in [7, 11) is 0. The summed E-state index contributed by atoms with van der Waals surface area (Å²) < 4.78 is 0. The van der Waals surface area contributed by atoms with E-state index in [2.05, 4.69) is 27.7 Å². The SMILES string of the molecule is CCCCCC(C)(C)OOC(=O)c1ccc(C(=O)c2ccc(C(=O)OOC(C)(C)CCCCC)c(C(=O)OOC(C)(C)CCCCC)c2)cc1C(=O)OOC(C)(C)CCCCC. The predicted octanol–water partition coefficient (Wildman–Crippen LogP) is 12.7. The van der Waals surface area contributed by atoms with Gasteiger partial charge in [0.05, 0.1) is 22.3 Å². The minimum absolute atomic E-state index is 0.0587. The fourth-order valence-electron chi connectivity index (χ4n) is 6.38. The average Bonchev–Trinajstić information content (AvgIpc) is 3.22. The van der Waals surface area contributed by atoms with Gasteiger partial charge < -0.3 is 0 Å². The number of hydrogen-bond donors (Lipinski definition) is 0. The normalized spacial score (nSPS) is 12.2. The maximum Gasteiger partial charge on any atom is 0.374 e. The lowest BCUT2D eigenvalue weighted by Gasteiger charge is -2.24. The molecule has 13 heteroatoms. The molecule has 0 aromatic heterocycles. The number of hydrogen-bond acceptors (Lipinski definition) is 13. The van der Waals surface area contributed by atoms with Gasteiger partial charge in [-0.05, 0) is 105 Å². The molecule has 0 fully saturated rings. The van der Waals surface area contributed by atoms with Crippen LogP contribution in [0.15, 0.2) is 36.4 Å². The van der Waals surface area contributed by atoms with Gasteiger partial charge in [0.2, 0.25) is 0 Å². The van der Waals surface area contributed by atoms with Crippen LogP contribution < -0.4 is 0 Å². The third-order valence-electron chi connectivity index (χ3n) is 10.3. The quantitative estimate of drug-likeness (QED) is 0.0316. The first-order valence-electron chi connectivity index (χ1n) is 22.5. The summed E-state index contributed by atoms with van der Waals surface area (Å²) >= 11 is 0. The van der Waals surface area contributed by atoms with Crippen molar-refractivity contribution in [1.29, 1.82) is 0 Å². The summed E-state index contributed by atoms with van der Waals surface area (Å²) in [6.07, 6.45) is 13.7. The molecule has 0 amide bonds. The molecule has 13 nitrogen and oxygen atoms in total. The number of unbranched alkanes of at least 4 members (excludes halogenated alkanes) is 8. The van der Waals surface area contributed by atoms with E-state index in [4.69, 9.17) is 39.1 Å². The molecule has 0 radical (unpaired) electrons. The zero-order valence-electron chi connectivity index (χ0n) is 39.6. The van der Waals surface area contributed by atoms with Gasteiger partial charge in [0.1, 0.15) is 22.4 Å². The van der Waals surface area contributed by atoms with Crippen molar-refractivity contribution in [3.05, 3.63) is 69.8 Å². The van der Waals surface area contributed by atoms with Crippen LogP contribution in [-0.4, -0.2) is 52.1 Å². The van der Waals surface area contributed by atoms with E-state index in [-0.39, 0.29) is 33.4 Å². The van der Waals surface area contributed by atoms with E-state index in [9.17, 15) is 24.0 Å². The highest BCUT2D eigenvalue weighted by molar-refractivity contribution is 6.13. The largest absolute Gasteiger partial charge is 0.374 e. The van der Waals surface area contributed by atoms with Crippen LogP contribution in [0.5, 0.6) is 0 Å². The van der Waals surface area contributed by atoms with E-state index in [1.54, 1.807) is 55.4 Å². The Balaban J connectivity index is 2.57. The summed E-state index contributed by atoms with van der Waals surface area (Å²) in [6.45, 7) is 22.6. The monoisotopic (exact) mass is 871 g/mol. The summed E-state index contributed by atoms with van der Waals surface area (Å²) in [5.41, 5.74) is -4.54. The van der Waals surface area contributed by atoms with Crippen molar-refractivity contribution in [3.63, 3.8) is 0 Å². The highest BCUT2D eigenvalue weighted by atomic mass is 17.2. The topological polar surface area (TPSA) is 159 Å². The molecule has 0 heterocycles. The molecule has 2 aromatic carbocycles. The molecule has 2 aromatic rings. The van der Waals surface area contributed by atoms with Crippen molar-refractivity contribution >= 4 is 29.7 Å². The predicted molar refractivity (Wildman–Crippen MR) is 235 cm³/mol. The average molecular weight is 871 g/mol. The van der Waals surface area contributed by atoms with Crippen molar-refractivity contribution in [2.75, 3.05) is 0 Å². The molecule has 2 rings (SSSR count). The number of benzene rings is 2. The van der Waals surface area contributed by atoms with E-state index < -0.39 is 52.1 Å². The molecular formula is C49H74O13. The molecule has 0 atom stereocenters. The molecule has 0 aliphatic rings. The van der Waals surface area contributed by atoms with Crippen LogP contribution in [0, 0.1) is 0 Å². The highest BCUT2D eigenvalue weighted by Gasteiger charge is 2.31. The van der Waals surface area contributed by atoms with Crippen LogP contribution in [-0.2, 0) is 39.1 Å². The molecule has 348 valence electrons. The Labute approximate surface area is 369 Å². The van der Waals surface area contributed by atoms with Crippen molar-refractivity contribution in [2.45, 2.75) is 208 Å². The van der Waals surface area contributed by atoms with E-state index in [1.807, 2.05) is 0 Å². The van der Waals surface area contributed by atoms with Crippen LogP contribution in [0.3, 0.4) is 0 Å². The van der Waals surface area contributed by atoms with E-state index in [0.29, 0.717) is 25.7 Å². The fraction of sp³-hybridized carbons (Fsp3) is 0.653. The summed E-state index contributed by atoms with van der Waals surface area (Å²) in [6, 6.07) is 7.51. The molecule has 0 saturated heterocycles. The third-order valence-corrected chi connectivity index (χ3v) is 10.3. The van der Waals surface area contributed by atoms with Crippen molar-refractivity contribution in [3.8, 4) is 0 Å². The Bertz CT molecular complexity index is 1630. The van der Waals surface area contributed by atoms with Gasteiger partial charge in [0.25, 0.3) is 0 Å². The maximum atomic E-state index is 14.2. The third kappa shape index (κ3) is 19.1. The Morgan fingerprint density at radius 2 is 0.613 bits per heavy atom. The van der Waals surface area contributed by atoms with E-state index in [0.717, 1.165) is 77.0 Å². The number of carbonyl (C=O) groups is 5. The molecule has 0 aliphatic carbocycles. The standard InChI is InChI=1S/C49H74O13/c1-13-17-21-29-46(5,6)59-55-42(51)37-27-25-35(33-39(37)44(53)57-61-48(9,10)31-23-19-15-3)41(50)36-26-28-38(43(52)56-60-47(7,8)30-22-18-14-2)40(34-36)45(54)58-62-49(11,12)32-24-20-16-4/h25-28,33-34H,13-24,29-32H2,1-12H3. The van der Waals surface area contributed by atoms with Gasteiger partial charge in [-0.2, -0.15) is 19.6 Å². The molecular weight excluding hydrogens is 797 g/mol. The molecule has 62 heavy (non-hydrogen) atoms. The first kappa shape index (κ1) is 54.0. The fourth-order valence-corrected chi connectivity index (χ4v) is 6.38. The van der Waals surface area contributed by atoms with Crippen molar-refractivity contribution < 1.29 is 63.1 Å². The number of ketones is 1. The van der Waals surface area contributed by atoms with Crippen LogP contribution >= 0.6 is 0 Å². The van der Waals surface area contributed by atoms with Crippen molar-refractivity contribution in [2.24, 2.45) is 0 Å². The second kappa shape index (κ2) is 25.8. The van der Waals surface area contributed by atoms with Gasteiger partial charge in [-0.1, -0.05) is 117 Å². The lowest BCUT2D eigenvalue weighted by molar-refractivity contribution is -0.309. The van der Waals surface area contributed by atoms with Gasteiger partial charge in [0.15, 0.2) is 5.78 Å². The van der Waals surface area contributed by atoms with Crippen LogP contribution in [0.25, 0.3) is 0 Å². The van der Waals surface area contributed by atoms with Gasteiger partial charge in [-0.3, -0.25) is 24.3 Å². The first-order valence-corrected chi connectivity index (χ1v) is 22.5. The maximum absolute atomic E-state index is 14.2. The molecule has 0 spiro atoms. The van der Waals surface area contributed by atoms with E-state index >= 15 is 0 Å². The summed E-state index contributed by atoms with van der Waals surface area (Å²) in [5.74, 6) is -4.73. The minimum atomic E-state index is -1.05. The Kier molecular flexibility index (Phi) is 22.5. The molecule has 0 bridgehead atoms. The van der Waals surface area contributed by atoms with Crippen LogP contribution in [0.2, 0.25) is 0 Å².